The summed E-state index contributed by atoms with van der Waals surface area (Å²) in [6, 6.07) is 7.94. The van der Waals surface area contributed by atoms with Crippen LogP contribution >= 0.6 is 15.9 Å². The number of nitrogens with one attached hydrogen (secondary N) is 1. The van der Waals surface area contributed by atoms with Crippen molar-refractivity contribution in [2.24, 2.45) is 5.92 Å². The number of hydrogen-bond donors (Lipinski definition) is 1. The summed E-state index contributed by atoms with van der Waals surface area (Å²) in [4.78, 5) is 17.2. The van der Waals surface area contributed by atoms with Gasteiger partial charge in [0.1, 0.15) is 0 Å². The summed E-state index contributed by atoms with van der Waals surface area (Å²) in [6.07, 6.45) is 0. The summed E-state index contributed by atoms with van der Waals surface area (Å²) in [5.41, 5.74) is 0.698. The van der Waals surface area contributed by atoms with Gasteiger partial charge in [0.15, 0.2) is 0 Å². The van der Waals surface area contributed by atoms with Crippen LogP contribution in [0.2, 0.25) is 0 Å². The van der Waals surface area contributed by atoms with Gasteiger partial charge in [-0.1, -0.05) is 26.0 Å². The predicted octanol–water partition coefficient (Wildman–Crippen LogP) is 2.45. The van der Waals surface area contributed by atoms with Gasteiger partial charge >= 0.3 is 0 Å². The number of carbonyl (C=O) groups excluding carboxylic acids is 1. The Kier molecular flexibility index (Phi) is 6.41. The Morgan fingerprint density at radius 3 is 2.45 bits per heavy atom. The highest BCUT2D eigenvalue weighted by Gasteiger charge is 2.25. The second-order valence-electron chi connectivity index (χ2n) is 6.34. The maximum atomic E-state index is 12.4. The number of benzene rings is 1. The second-order valence-corrected chi connectivity index (χ2v) is 7.19. The zero-order valence-corrected chi connectivity index (χ0v) is 15.3. The van der Waals surface area contributed by atoms with E-state index in [4.69, 9.17) is 0 Å². The molecule has 0 saturated carbocycles. The van der Waals surface area contributed by atoms with E-state index in [1.54, 1.807) is 0 Å². The van der Waals surface area contributed by atoms with Crippen LogP contribution in [0.1, 0.15) is 24.2 Å². The number of hydrogen-bond acceptors (Lipinski definition) is 3. The van der Waals surface area contributed by atoms with Gasteiger partial charge in [-0.15, -0.1) is 0 Å². The van der Waals surface area contributed by atoms with Crippen molar-refractivity contribution in [2.45, 2.75) is 19.9 Å². The molecule has 1 amide bonds. The number of nitrogens with zero attached hydrogens (tertiary/aromatic N) is 2. The maximum absolute atomic E-state index is 12.4. The average molecular weight is 368 g/mol. The van der Waals surface area contributed by atoms with Crippen molar-refractivity contribution >= 4 is 21.8 Å². The minimum atomic E-state index is -0.00717. The molecule has 1 aromatic rings. The van der Waals surface area contributed by atoms with Crippen LogP contribution in [0.5, 0.6) is 0 Å². The molecule has 1 aliphatic rings. The molecule has 122 valence electrons. The van der Waals surface area contributed by atoms with Gasteiger partial charge in [-0.05, 0) is 41.0 Å². The first-order chi connectivity index (χ1) is 10.5. The highest BCUT2D eigenvalue weighted by atomic mass is 79.9. The minimum Gasteiger partial charge on any atom is -0.350 e. The van der Waals surface area contributed by atoms with Gasteiger partial charge in [0.25, 0.3) is 5.91 Å². The van der Waals surface area contributed by atoms with Crippen molar-refractivity contribution in [1.82, 2.24) is 15.1 Å². The van der Waals surface area contributed by atoms with E-state index in [2.05, 4.69) is 51.9 Å². The Balaban J connectivity index is 1.94. The largest absolute Gasteiger partial charge is 0.350 e. The smallest absolute Gasteiger partial charge is 0.252 e. The Morgan fingerprint density at radius 1 is 1.23 bits per heavy atom. The van der Waals surface area contributed by atoms with Crippen LogP contribution < -0.4 is 5.32 Å². The first-order valence-electron chi connectivity index (χ1n) is 7.94. The molecule has 1 aromatic carbocycles. The highest BCUT2D eigenvalue weighted by Crippen LogP contribution is 2.16. The molecule has 22 heavy (non-hydrogen) atoms. The van der Waals surface area contributed by atoms with Crippen molar-refractivity contribution < 1.29 is 4.79 Å². The summed E-state index contributed by atoms with van der Waals surface area (Å²) in [5, 5.41) is 3.11. The molecule has 1 saturated heterocycles. The third-order valence-corrected chi connectivity index (χ3v) is 5.06. The van der Waals surface area contributed by atoms with E-state index in [1.165, 1.54) is 0 Å². The van der Waals surface area contributed by atoms with Crippen LogP contribution in [0.3, 0.4) is 0 Å². The molecular formula is C17H26BrN3O. The van der Waals surface area contributed by atoms with Crippen LogP contribution in [0, 0.1) is 5.92 Å². The molecule has 0 aromatic heterocycles. The maximum Gasteiger partial charge on any atom is 0.252 e. The van der Waals surface area contributed by atoms with Crippen LogP contribution in [-0.4, -0.2) is 61.5 Å². The SMILES string of the molecule is CC(C)C(CNC(=O)c1ccccc1Br)N1CCN(C)CC1. The fourth-order valence-electron chi connectivity index (χ4n) is 2.88. The second kappa shape index (κ2) is 8.09. The van der Waals surface area contributed by atoms with E-state index in [9.17, 15) is 4.79 Å². The van der Waals surface area contributed by atoms with Crippen molar-refractivity contribution in [3.63, 3.8) is 0 Å². The Bertz CT molecular complexity index is 498. The Hall–Kier alpha value is -0.910. The average Bonchev–Trinajstić information content (AvgIpc) is 2.49. The van der Waals surface area contributed by atoms with E-state index in [-0.39, 0.29) is 5.91 Å². The molecule has 0 radical (unpaired) electrons. The van der Waals surface area contributed by atoms with Gasteiger partial charge in [-0.25, -0.2) is 0 Å². The van der Waals surface area contributed by atoms with E-state index >= 15 is 0 Å². The third kappa shape index (κ3) is 4.54. The molecule has 0 aliphatic carbocycles. The zero-order chi connectivity index (χ0) is 16.1. The van der Waals surface area contributed by atoms with Gasteiger partial charge in [0.2, 0.25) is 0 Å². The monoisotopic (exact) mass is 367 g/mol. The van der Waals surface area contributed by atoms with Crippen LogP contribution in [0.4, 0.5) is 0 Å². The molecule has 4 nitrogen and oxygen atoms in total. The zero-order valence-electron chi connectivity index (χ0n) is 13.7. The van der Waals surface area contributed by atoms with Gasteiger partial charge < -0.3 is 10.2 Å². The van der Waals surface area contributed by atoms with Crippen molar-refractivity contribution in [3.05, 3.63) is 34.3 Å². The van der Waals surface area contributed by atoms with E-state index in [0.717, 1.165) is 30.7 Å². The topological polar surface area (TPSA) is 35.6 Å². The van der Waals surface area contributed by atoms with Crippen LogP contribution in [0.25, 0.3) is 0 Å². The van der Waals surface area contributed by atoms with Crippen molar-refractivity contribution in [3.8, 4) is 0 Å². The quantitative estimate of drug-likeness (QED) is 0.867. The van der Waals surface area contributed by atoms with Gasteiger partial charge in [0.05, 0.1) is 5.56 Å². The first-order valence-corrected chi connectivity index (χ1v) is 8.73. The number of carbonyl (C=O) groups is 1. The molecule has 1 fully saturated rings. The van der Waals surface area contributed by atoms with E-state index in [0.29, 0.717) is 24.1 Å². The van der Waals surface area contributed by atoms with E-state index < -0.39 is 0 Å². The number of amides is 1. The number of piperazine rings is 1. The molecule has 0 bridgehead atoms. The van der Waals surface area contributed by atoms with Crippen LogP contribution in [-0.2, 0) is 0 Å². The van der Waals surface area contributed by atoms with Crippen molar-refractivity contribution in [2.75, 3.05) is 39.8 Å². The lowest BCUT2D eigenvalue weighted by atomic mass is 10.0. The molecule has 1 N–H and O–H groups in total. The summed E-state index contributed by atoms with van der Waals surface area (Å²) in [5.74, 6) is 0.509. The fourth-order valence-corrected chi connectivity index (χ4v) is 3.34. The van der Waals surface area contributed by atoms with Crippen molar-refractivity contribution in [1.29, 1.82) is 0 Å². The third-order valence-electron chi connectivity index (χ3n) is 4.37. The molecule has 1 heterocycles. The molecular weight excluding hydrogens is 342 g/mol. The summed E-state index contributed by atoms with van der Waals surface area (Å²) < 4.78 is 0.841. The molecule has 5 heteroatoms. The molecule has 1 unspecified atom stereocenters. The first kappa shape index (κ1) is 17.4. The van der Waals surface area contributed by atoms with Crippen LogP contribution in [0.15, 0.2) is 28.7 Å². The molecule has 0 spiro atoms. The fraction of sp³-hybridized carbons (Fsp3) is 0.588. The van der Waals surface area contributed by atoms with Gasteiger partial charge in [0, 0.05) is 43.2 Å². The number of likely N-dealkylation sites (N-methyl/N-ethyl adjacent to an activating group) is 1. The Labute approximate surface area is 142 Å². The number of halogens is 1. The summed E-state index contributed by atoms with van der Waals surface area (Å²) in [7, 11) is 2.16. The highest BCUT2D eigenvalue weighted by molar-refractivity contribution is 9.10. The molecule has 1 aliphatic heterocycles. The lowest BCUT2D eigenvalue weighted by molar-refractivity contribution is 0.0790. The lowest BCUT2D eigenvalue weighted by Crippen LogP contribution is -2.54. The van der Waals surface area contributed by atoms with E-state index in [1.807, 2.05) is 24.3 Å². The summed E-state index contributed by atoms with van der Waals surface area (Å²) in [6.45, 7) is 9.50. The minimum absolute atomic E-state index is 0.00717. The van der Waals surface area contributed by atoms with Gasteiger partial charge in [-0.2, -0.15) is 0 Å². The Morgan fingerprint density at radius 2 is 1.86 bits per heavy atom. The standard InChI is InChI=1S/C17H26BrN3O/c1-13(2)16(21-10-8-20(3)9-11-21)12-19-17(22)14-6-4-5-7-15(14)18/h4-7,13,16H,8-12H2,1-3H3,(H,19,22). The summed E-state index contributed by atoms with van der Waals surface area (Å²) >= 11 is 3.44. The lowest BCUT2D eigenvalue weighted by Gasteiger charge is -2.39. The molecule has 2 rings (SSSR count). The van der Waals surface area contributed by atoms with Gasteiger partial charge in [-0.3, -0.25) is 9.69 Å². The normalized spacial score (nSPS) is 18.4. The number of rotatable bonds is 5. The molecule has 1 atom stereocenters. The predicted molar refractivity (Wildman–Crippen MR) is 94.2 cm³/mol.